The summed E-state index contributed by atoms with van der Waals surface area (Å²) in [5, 5.41) is 0.496. The average Bonchev–Trinajstić information content (AvgIpc) is 3.21. The SMILES string of the molecule is O=C1CC(CNS(=O)(=O)c2ccc(Cl)cc2)CN1C1CC1. The molecule has 7 heteroatoms. The molecule has 3 rings (SSSR count). The number of likely N-dealkylation sites (tertiary alicyclic amines) is 1. The maximum atomic E-state index is 12.2. The fourth-order valence-corrected chi connectivity index (χ4v) is 3.85. The number of amides is 1. The van der Waals surface area contributed by atoms with Gasteiger partial charge in [-0.2, -0.15) is 0 Å². The Labute approximate surface area is 129 Å². The molecule has 0 spiro atoms. The van der Waals surface area contributed by atoms with Gasteiger partial charge in [0.1, 0.15) is 0 Å². The van der Waals surface area contributed by atoms with Crippen LogP contribution >= 0.6 is 11.6 Å². The third kappa shape index (κ3) is 3.39. The molecule has 5 nitrogen and oxygen atoms in total. The molecule has 2 aliphatic rings. The molecule has 1 saturated heterocycles. The highest BCUT2D eigenvalue weighted by atomic mass is 35.5. The zero-order valence-corrected chi connectivity index (χ0v) is 13.0. The minimum Gasteiger partial charge on any atom is -0.339 e. The van der Waals surface area contributed by atoms with Gasteiger partial charge >= 0.3 is 0 Å². The van der Waals surface area contributed by atoms with E-state index in [2.05, 4.69) is 4.72 Å². The summed E-state index contributed by atoms with van der Waals surface area (Å²) in [5.41, 5.74) is 0. The van der Waals surface area contributed by atoms with E-state index >= 15 is 0 Å². The summed E-state index contributed by atoms with van der Waals surface area (Å²) in [4.78, 5) is 13.9. The van der Waals surface area contributed by atoms with Gasteiger partial charge in [0.05, 0.1) is 4.90 Å². The molecule has 1 aromatic rings. The first-order valence-electron chi connectivity index (χ1n) is 7.00. The maximum absolute atomic E-state index is 12.2. The lowest BCUT2D eigenvalue weighted by Gasteiger charge is -2.15. The Morgan fingerprint density at radius 1 is 1.24 bits per heavy atom. The van der Waals surface area contributed by atoms with Crippen LogP contribution in [-0.2, 0) is 14.8 Å². The fraction of sp³-hybridized carbons (Fsp3) is 0.500. The van der Waals surface area contributed by atoms with Crippen LogP contribution in [0, 0.1) is 5.92 Å². The van der Waals surface area contributed by atoms with E-state index in [0.717, 1.165) is 12.8 Å². The summed E-state index contributed by atoms with van der Waals surface area (Å²) < 4.78 is 26.9. The number of hydrogen-bond acceptors (Lipinski definition) is 3. The molecule has 0 aromatic heterocycles. The number of nitrogens with zero attached hydrogens (tertiary/aromatic N) is 1. The molecule has 114 valence electrons. The molecule has 0 bridgehead atoms. The van der Waals surface area contributed by atoms with E-state index in [1.54, 1.807) is 12.1 Å². The van der Waals surface area contributed by atoms with E-state index < -0.39 is 10.0 Å². The van der Waals surface area contributed by atoms with Gasteiger partial charge in [0.15, 0.2) is 0 Å². The Bertz CT molecular complexity index is 641. The summed E-state index contributed by atoms with van der Waals surface area (Å²) in [5.74, 6) is 0.202. The van der Waals surface area contributed by atoms with E-state index in [-0.39, 0.29) is 16.7 Å². The lowest BCUT2D eigenvalue weighted by Crippen LogP contribution is -2.32. The predicted octanol–water partition coefficient (Wildman–Crippen LogP) is 1.63. The smallest absolute Gasteiger partial charge is 0.240 e. The number of rotatable bonds is 5. The minimum atomic E-state index is -3.54. The maximum Gasteiger partial charge on any atom is 0.240 e. The second kappa shape index (κ2) is 5.59. The van der Waals surface area contributed by atoms with Gasteiger partial charge in [-0.1, -0.05) is 11.6 Å². The molecule has 1 aliphatic heterocycles. The van der Waals surface area contributed by atoms with Gasteiger partial charge < -0.3 is 4.90 Å². The lowest BCUT2D eigenvalue weighted by atomic mass is 10.1. The van der Waals surface area contributed by atoms with Crippen molar-refractivity contribution in [3.8, 4) is 0 Å². The van der Waals surface area contributed by atoms with Crippen molar-refractivity contribution in [2.24, 2.45) is 5.92 Å². The first kappa shape index (κ1) is 14.8. The molecule has 1 atom stereocenters. The van der Waals surface area contributed by atoms with Crippen LogP contribution in [0.3, 0.4) is 0 Å². The van der Waals surface area contributed by atoms with Crippen LogP contribution in [0.25, 0.3) is 0 Å². The van der Waals surface area contributed by atoms with Crippen LogP contribution < -0.4 is 4.72 Å². The van der Waals surface area contributed by atoms with E-state index in [0.29, 0.717) is 30.6 Å². The highest BCUT2D eigenvalue weighted by molar-refractivity contribution is 7.89. The average molecular weight is 329 g/mol. The first-order chi connectivity index (χ1) is 9.95. The zero-order valence-electron chi connectivity index (χ0n) is 11.5. The van der Waals surface area contributed by atoms with Crippen LogP contribution in [0.4, 0.5) is 0 Å². The molecular formula is C14H17ClN2O3S. The number of benzene rings is 1. The number of nitrogens with one attached hydrogen (secondary N) is 1. The van der Waals surface area contributed by atoms with Crippen LogP contribution in [0.2, 0.25) is 5.02 Å². The normalized spacial score (nSPS) is 22.8. The second-order valence-electron chi connectivity index (χ2n) is 5.65. The Balaban J connectivity index is 1.59. The van der Waals surface area contributed by atoms with E-state index in [1.165, 1.54) is 12.1 Å². The molecule has 1 amide bonds. The predicted molar refractivity (Wildman–Crippen MR) is 79.5 cm³/mol. The van der Waals surface area contributed by atoms with Crippen molar-refractivity contribution >= 4 is 27.5 Å². The Morgan fingerprint density at radius 2 is 1.90 bits per heavy atom. The molecule has 21 heavy (non-hydrogen) atoms. The van der Waals surface area contributed by atoms with Gasteiger partial charge in [0.2, 0.25) is 15.9 Å². The highest BCUT2D eigenvalue weighted by Gasteiger charge is 2.39. The molecule has 1 aliphatic carbocycles. The topological polar surface area (TPSA) is 66.5 Å². The monoisotopic (exact) mass is 328 g/mol. The molecule has 1 heterocycles. The van der Waals surface area contributed by atoms with Crippen molar-refractivity contribution in [2.75, 3.05) is 13.1 Å². The van der Waals surface area contributed by atoms with Gasteiger partial charge in [-0.3, -0.25) is 4.79 Å². The van der Waals surface area contributed by atoms with Crippen molar-refractivity contribution in [1.29, 1.82) is 0 Å². The van der Waals surface area contributed by atoms with Gasteiger partial charge in [-0.25, -0.2) is 13.1 Å². The molecule has 2 fully saturated rings. The molecule has 1 aromatic carbocycles. The van der Waals surface area contributed by atoms with Gasteiger partial charge in [0.25, 0.3) is 0 Å². The molecule has 1 unspecified atom stereocenters. The lowest BCUT2D eigenvalue weighted by molar-refractivity contribution is -0.128. The van der Waals surface area contributed by atoms with Crippen molar-refractivity contribution in [3.05, 3.63) is 29.3 Å². The summed E-state index contributed by atoms with van der Waals surface area (Å²) in [7, 11) is -3.54. The summed E-state index contributed by atoms with van der Waals surface area (Å²) in [6, 6.07) is 6.44. The minimum absolute atomic E-state index is 0.0557. The zero-order chi connectivity index (χ0) is 15.0. The van der Waals surface area contributed by atoms with Crippen molar-refractivity contribution in [1.82, 2.24) is 9.62 Å². The van der Waals surface area contributed by atoms with E-state index in [4.69, 9.17) is 11.6 Å². The number of halogens is 1. The third-order valence-corrected chi connectivity index (χ3v) is 5.60. The first-order valence-corrected chi connectivity index (χ1v) is 8.86. The van der Waals surface area contributed by atoms with Crippen LogP contribution in [0.15, 0.2) is 29.2 Å². The standard InChI is InChI=1S/C14H17ClN2O3S/c15-11-1-5-13(6-2-11)21(19,20)16-8-10-7-14(18)17(9-10)12-3-4-12/h1-2,5-6,10,12,16H,3-4,7-9H2. The van der Waals surface area contributed by atoms with Crippen LogP contribution in [0.1, 0.15) is 19.3 Å². The van der Waals surface area contributed by atoms with Crippen LogP contribution in [-0.4, -0.2) is 38.4 Å². The number of carbonyl (C=O) groups excluding carboxylic acids is 1. The Kier molecular flexibility index (Phi) is 3.94. The highest BCUT2D eigenvalue weighted by Crippen LogP contribution is 2.32. The summed E-state index contributed by atoms with van der Waals surface area (Å²) in [6.07, 6.45) is 2.59. The molecular weight excluding hydrogens is 312 g/mol. The van der Waals surface area contributed by atoms with E-state index in [1.807, 2.05) is 4.90 Å². The number of carbonyl (C=O) groups is 1. The largest absolute Gasteiger partial charge is 0.339 e. The fourth-order valence-electron chi connectivity index (χ4n) is 2.61. The quantitative estimate of drug-likeness (QED) is 0.893. The van der Waals surface area contributed by atoms with Gasteiger partial charge in [0, 0.05) is 30.6 Å². The molecule has 1 saturated carbocycles. The molecule has 1 N–H and O–H groups in total. The van der Waals surface area contributed by atoms with E-state index in [9.17, 15) is 13.2 Å². The van der Waals surface area contributed by atoms with Gasteiger partial charge in [-0.15, -0.1) is 0 Å². The summed E-state index contributed by atoms with van der Waals surface area (Å²) in [6.45, 7) is 0.951. The number of sulfonamides is 1. The van der Waals surface area contributed by atoms with Gasteiger partial charge in [-0.05, 0) is 43.0 Å². The number of hydrogen-bond donors (Lipinski definition) is 1. The molecule has 0 radical (unpaired) electrons. The third-order valence-electron chi connectivity index (χ3n) is 3.91. The van der Waals surface area contributed by atoms with Crippen LogP contribution in [0.5, 0.6) is 0 Å². The summed E-state index contributed by atoms with van der Waals surface area (Å²) >= 11 is 5.75. The second-order valence-corrected chi connectivity index (χ2v) is 7.86. The Morgan fingerprint density at radius 3 is 2.52 bits per heavy atom. The van der Waals surface area contributed by atoms with Crippen molar-refractivity contribution in [3.63, 3.8) is 0 Å². The Hall–Kier alpha value is -1.11. The van der Waals surface area contributed by atoms with Crippen molar-refractivity contribution < 1.29 is 13.2 Å². The van der Waals surface area contributed by atoms with Crippen molar-refractivity contribution in [2.45, 2.75) is 30.2 Å².